The number of aromatic nitrogens is 5. The Morgan fingerprint density at radius 2 is 1.88 bits per heavy atom. The lowest BCUT2D eigenvalue weighted by molar-refractivity contribution is 0.0821. The normalized spacial score (nSPS) is 15.5. The summed E-state index contributed by atoms with van der Waals surface area (Å²) >= 11 is 0. The summed E-state index contributed by atoms with van der Waals surface area (Å²) in [6.07, 6.45) is 4.62. The quantitative estimate of drug-likeness (QED) is 0.220. The van der Waals surface area contributed by atoms with Crippen molar-refractivity contribution in [1.29, 1.82) is 0 Å². The average molecular weight is 671 g/mol. The predicted octanol–water partition coefficient (Wildman–Crippen LogP) is 5.42. The first-order chi connectivity index (χ1) is 23.5. The molecule has 49 heavy (non-hydrogen) atoms. The third-order valence-electron chi connectivity index (χ3n) is 9.46. The number of anilines is 1. The molecule has 0 radical (unpaired) electrons. The molecule has 0 saturated heterocycles. The molecule has 0 spiro atoms. The molecule has 1 amide bonds. The monoisotopic (exact) mass is 670 g/mol. The van der Waals surface area contributed by atoms with Crippen molar-refractivity contribution >= 4 is 33.4 Å². The number of hydrogen-bond acceptors (Lipinski definition) is 9. The molecule has 1 fully saturated rings. The van der Waals surface area contributed by atoms with E-state index in [1.807, 2.05) is 30.6 Å². The van der Waals surface area contributed by atoms with Crippen LogP contribution >= 0.6 is 0 Å². The highest BCUT2D eigenvalue weighted by Gasteiger charge is 2.44. The molecule has 2 aromatic carbocycles. The molecule has 1 aliphatic carbocycles. The minimum Gasteiger partial charge on any atom is -0.508 e. The molecule has 13 heteroatoms. The number of hydrogen-bond donors (Lipinski definition) is 1. The Morgan fingerprint density at radius 1 is 1.08 bits per heavy atom. The zero-order valence-corrected chi connectivity index (χ0v) is 28.4. The first-order valence-electron chi connectivity index (χ1n) is 16.6. The number of phenols is 1. The fourth-order valence-corrected chi connectivity index (χ4v) is 6.94. The highest BCUT2D eigenvalue weighted by atomic mass is 19.1. The van der Waals surface area contributed by atoms with Gasteiger partial charge in [-0.15, -0.1) is 0 Å². The number of nitrogens with zero attached hydrogens (tertiary/aromatic N) is 8. The molecule has 2 aliphatic rings. The number of pyridine rings is 1. The van der Waals surface area contributed by atoms with E-state index in [2.05, 4.69) is 20.0 Å². The molecule has 5 aromatic rings. The second-order valence-electron chi connectivity index (χ2n) is 13.7. The van der Waals surface area contributed by atoms with Crippen LogP contribution in [-0.2, 0) is 19.5 Å². The van der Waals surface area contributed by atoms with Crippen molar-refractivity contribution in [2.75, 3.05) is 52.8 Å². The summed E-state index contributed by atoms with van der Waals surface area (Å²) in [6, 6.07) is 7.71. The van der Waals surface area contributed by atoms with E-state index in [-0.39, 0.29) is 39.9 Å². The number of benzene rings is 2. The summed E-state index contributed by atoms with van der Waals surface area (Å²) in [5.74, 6) is -0.963. The van der Waals surface area contributed by atoms with Crippen molar-refractivity contribution in [2.45, 2.75) is 45.7 Å². The van der Waals surface area contributed by atoms with E-state index in [0.717, 1.165) is 25.1 Å². The highest BCUT2D eigenvalue weighted by molar-refractivity contribution is 6.01. The number of ether oxygens (including phenoxy) is 1. The van der Waals surface area contributed by atoms with Gasteiger partial charge in [0.25, 0.3) is 5.91 Å². The summed E-state index contributed by atoms with van der Waals surface area (Å²) in [4.78, 5) is 32.4. The highest BCUT2D eigenvalue weighted by Crippen LogP contribution is 2.46. The van der Waals surface area contributed by atoms with Gasteiger partial charge < -0.3 is 24.5 Å². The van der Waals surface area contributed by atoms with Gasteiger partial charge in [-0.25, -0.2) is 8.78 Å². The van der Waals surface area contributed by atoms with Gasteiger partial charge in [0.05, 0.1) is 24.2 Å². The number of aryl methyl sites for hydroxylation is 2. The molecule has 7 rings (SSSR count). The molecule has 0 bridgehead atoms. The van der Waals surface area contributed by atoms with Gasteiger partial charge in [0.2, 0.25) is 0 Å². The topological polar surface area (TPSA) is 113 Å². The smallest absolute Gasteiger partial charge is 0.319 e. The number of rotatable bonds is 9. The Kier molecular flexibility index (Phi) is 8.34. The number of carbonyl (C=O) groups is 1. The van der Waals surface area contributed by atoms with Crippen molar-refractivity contribution in [2.24, 2.45) is 5.41 Å². The van der Waals surface area contributed by atoms with Crippen LogP contribution in [-0.4, -0.2) is 93.4 Å². The SMILES string of the molecule is CCc1c(F)ccc2cc(O)cc(-c3ncc4c(N5CCCn6nc(C(=O)N(C)C)cc6C5)nc(OCC5(CN(C)C)CC5)nc4c3F)c12. The molecular formula is C36H40F2N8O3. The summed E-state index contributed by atoms with van der Waals surface area (Å²) in [5, 5.41) is 16.6. The molecule has 256 valence electrons. The Bertz CT molecular complexity index is 2090. The summed E-state index contributed by atoms with van der Waals surface area (Å²) in [5.41, 5.74) is 1.79. The van der Waals surface area contributed by atoms with E-state index in [1.54, 1.807) is 26.2 Å². The van der Waals surface area contributed by atoms with E-state index in [1.165, 1.54) is 29.3 Å². The zero-order chi connectivity index (χ0) is 34.6. The maximum atomic E-state index is 17.0. The number of aromatic hydroxyl groups is 1. The summed E-state index contributed by atoms with van der Waals surface area (Å²) < 4.78 is 40.1. The summed E-state index contributed by atoms with van der Waals surface area (Å²) in [6.45, 7) is 4.61. The van der Waals surface area contributed by atoms with E-state index in [9.17, 15) is 9.90 Å². The number of amides is 1. The van der Waals surface area contributed by atoms with Crippen LogP contribution in [0.25, 0.3) is 32.9 Å². The third kappa shape index (κ3) is 6.11. The Hall–Kier alpha value is -4.91. The molecule has 11 nitrogen and oxygen atoms in total. The zero-order valence-electron chi connectivity index (χ0n) is 28.4. The van der Waals surface area contributed by atoms with Crippen LogP contribution in [0.3, 0.4) is 0 Å². The van der Waals surface area contributed by atoms with Gasteiger partial charge in [-0.1, -0.05) is 13.0 Å². The third-order valence-corrected chi connectivity index (χ3v) is 9.46. The molecule has 3 aromatic heterocycles. The van der Waals surface area contributed by atoms with Crippen LogP contribution in [0.1, 0.15) is 47.9 Å². The lowest BCUT2D eigenvalue weighted by Gasteiger charge is -2.24. The van der Waals surface area contributed by atoms with Gasteiger partial charge in [-0.2, -0.15) is 15.1 Å². The standard InChI is InChI=1S/C36H40F2N8O3/c1-6-24-27(37)9-8-21-14-23(47)16-25(29(21)24)31-30(38)32-26(17-39-31)33(41-35(40-32)49-20-36(10-11-36)19-43(2)3)45-12-7-13-46-22(18-45)15-28(42-46)34(48)44(4)5/h8-9,14-17,47H,6-7,10-13,18-20H2,1-5H3. The Labute approximate surface area is 283 Å². The number of halogens is 2. The second-order valence-corrected chi connectivity index (χ2v) is 13.7. The van der Waals surface area contributed by atoms with Gasteiger partial charge in [0.15, 0.2) is 11.5 Å². The largest absolute Gasteiger partial charge is 0.508 e. The van der Waals surface area contributed by atoms with Crippen LogP contribution in [0.5, 0.6) is 11.8 Å². The molecule has 0 atom stereocenters. The fourth-order valence-electron chi connectivity index (χ4n) is 6.94. The predicted molar refractivity (Wildman–Crippen MR) is 183 cm³/mol. The van der Waals surface area contributed by atoms with Crippen LogP contribution in [0.4, 0.5) is 14.6 Å². The fraction of sp³-hybridized carbons (Fsp3) is 0.417. The molecule has 1 saturated carbocycles. The van der Waals surface area contributed by atoms with E-state index in [4.69, 9.17) is 9.72 Å². The minimum absolute atomic E-state index is 0.00892. The van der Waals surface area contributed by atoms with Gasteiger partial charge in [0, 0.05) is 50.9 Å². The number of phenolic OH excluding ortho intramolecular Hbond substituents is 1. The van der Waals surface area contributed by atoms with E-state index >= 15 is 8.78 Å². The number of fused-ring (bicyclic) bond motifs is 3. The van der Waals surface area contributed by atoms with Crippen LogP contribution in [0.15, 0.2) is 36.5 Å². The number of carbonyl (C=O) groups excluding carboxylic acids is 1. The molecule has 1 aliphatic heterocycles. The maximum absolute atomic E-state index is 17.0. The lowest BCUT2D eigenvalue weighted by atomic mass is 9.94. The van der Waals surface area contributed by atoms with E-state index < -0.39 is 11.6 Å². The van der Waals surface area contributed by atoms with Crippen LogP contribution in [0.2, 0.25) is 0 Å². The minimum atomic E-state index is -0.725. The van der Waals surface area contributed by atoms with Gasteiger partial charge in [-0.05, 0) is 80.4 Å². The van der Waals surface area contributed by atoms with Crippen molar-refractivity contribution in [3.05, 3.63) is 65.1 Å². The Balaban J connectivity index is 1.37. The average Bonchev–Trinajstić information content (AvgIpc) is 3.76. The first-order valence-corrected chi connectivity index (χ1v) is 16.6. The Morgan fingerprint density at radius 3 is 2.59 bits per heavy atom. The van der Waals surface area contributed by atoms with Gasteiger partial charge in [-0.3, -0.25) is 14.5 Å². The van der Waals surface area contributed by atoms with Crippen molar-refractivity contribution in [3.8, 4) is 23.0 Å². The molecule has 4 heterocycles. The van der Waals surface area contributed by atoms with Crippen molar-refractivity contribution < 1.29 is 23.4 Å². The van der Waals surface area contributed by atoms with Crippen LogP contribution in [0, 0.1) is 17.0 Å². The first kappa shape index (κ1) is 32.6. The van der Waals surface area contributed by atoms with E-state index in [0.29, 0.717) is 72.3 Å². The van der Waals surface area contributed by atoms with Gasteiger partial charge in [0.1, 0.15) is 28.6 Å². The van der Waals surface area contributed by atoms with Crippen molar-refractivity contribution in [3.63, 3.8) is 0 Å². The lowest BCUT2D eigenvalue weighted by Crippen LogP contribution is -2.28. The molecular weight excluding hydrogens is 630 g/mol. The van der Waals surface area contributed by atoms with Crippen molar-refractivity contribution in [1.82, 2.24) is 34.5 Å². The maximum Gasteiger partial charge on any atom is 0.319 e. The second kappa shape index (κ2) is 12.5. The molecule has 1 N–H and O–H groups in total. The van der Waals surface area contributed by atoms with Crippen LogP contribution < -0.4 is 9.64 Å². The van der Waals surface area contributed by atoms with Gasteiger partial charge >= 0.3 is 6.01 Å². The summed E-state index contributed by atoms with van der Waals surface area (Å²) in [7, 11) is 7.42. The molecule has 0 unspecified atom stereocenters.